The topological polar surface area (TPSA) is 72.9 Å². The van der Waals surface area contributed by atoms with E-state index in [2.05, 4.69) is 0 Å². The molecule has 2 aliphatic heterocycles. The van der Waals surface area contributed by atoms with E-state index >= 15 is 0 Å². The number of β-lactam (4-membered cyclic amide) rings is 1. The minimum atomic E-state index is -0.721. The minimum absolute atomic E-state index is 0.137. The van der Waals surface area contributed by atoms with E-state index in [-0.39, 0.29) is 17.3 Å². The number of nitrogens with zero attached hydrogens (tertiary/aromatic N) is 1. The molecule has 1 aliphatic carbocycles. The Kier molecular flexibility index (Phi) is 5.27. The van der Waals surface area contributed by atoms with Crippen molar-refractivity contribution >= 4 is 29.6 Å². The van der Waals surface area contributed by atoms with E-state index in [0.29, 0.717) is 13.0 Å². The van der Waals surface area contributed by atoms with Crippen molar-refractivity contribution in [3.8, 4) is 0 Å². The molecule has 6 nitrogen and oxygen atoms in total. The van der Waals surface area contributed by atoms with Crippen molar-refractivity contribution in [1.82, 2.24) is 4.90 Å². The van der Waals surface area contributed by atoms with Gasteiger partial charge in [-0.15, -0.1) is 11.8 Å². The highest BCUT2D eigenvalue weighted by Crippen LogP contribution is 2.72. The predicted molar refractivity (Wildman–Crippen MR) is 124 cm³/mol. The Morgan fingerprint density at radius 2 is 1.61 bits per heavy atom. The van der Waals surface area contributed by atoms with Crippen LogP contribution >= 0.6 is 11.8 Å². The molecule has 4 atom stereocenters. The van der Waals surface area contributed by atoms with Crippen molar-refractivity contribution in [3.05, 3.63) is 71.8 Å². The summed E-state index contributed by atoms with van der Waals surface area (Å²) in [6.45, 7) is 5.98. The molecule has 2 heterocycles. The molecule has 0 bridgehead atoms. The zero-order chi connectivity index (χ0) is 23.4. The average molecular weight is 466 g/mol. The summed E-state index contributed by atoms with van der Waals surface area (Å²) in [6, 6.07) is 18.5. The summed E-state index contributed by atoms with van der Waals surface area (Å²) < 4.78 is 10.7. The molecular weight excluding hydrogens is 438 g/mol. The normalized spacial score (nSPS) is 28.9. The Bertz CT molecular complexity index is 1050. The van der Waals surface area contributed by atoms with Crippen molar-refractivity contribution in [1.29, 1.82) is 0 Å². The van der Waals surface area contributed by atoms with Crippen LogP contribution in [0.15, 0.2) is 60.7 Å². The van der Waals surface area contributed by atoms with Gasteiger partial charge in [-0.3, -0.25) is 9.59 Å². The average Bonchev–Trinajstić information content (AvgIpc) is 3.54. The second kappa shape index (κ2) is 7.90. The lowest BCUT2D eigenvalue weighted by atomic mass is 9.87. The monoisotopic (exact) mass is 465 g/mol. The fraction of sp³-hybridized carbons (Fsp3) is 0.423. The molecule has 2 aromatic carbocycles. The molecule has 0 radical (unpaired) electrons. The number of thioether (sulfide) groups is 1. The molecule has 5 rings (SSSR count). The second-order valence-electron chi connectivity index (χ2n) is 9.38. The van der Waals surface area contributed by atoms with Crippen LogP contribution in [0.3, 0.4) is 0 Å². The lowest BCUT2D eigenvalue weighted by molar-refractivity contribution is -0.172. The first-order valence-electron chi connectivity index (χ1n) is 11.3. The van der Waals surface area contributed by atoms with Crippen LogP contribution in [0, 0.1) is 11.3 Å². The first-order chi connectivity index (χ1) is 15.8. The highest BCUT2D eigenvalue weighted by Gasteiger charge is 2.82. The van der Waals surface area contributed by atoms with Gasteiger partial charge in [0.25, 0.3) is 0 Å². The van der Waals surface area contributed by atoms with Crippen LogP contribution in [0.2, 0.25) is 0 Å². The van der Waals surface area contributed by atoms with Crippen LogP contribution in [0.4, 0.5) is 0 Å². The van der Waals surface area contributed by atoms with E-state index in [1.807, 2.05) is 74.5 Å². The quantitative estimate of drug-likeness (QED) is 0.475. The van der Waals surface area contributed by atoms with Crippen molar-refractivity contribution in [2.45, 2.75) is 49.5 Å². The first-order valence-corrected chi connectivity index (χ1v) is 12.2. The summed E-state index contributed by atoms with van der Waals surface area (Å²) in [7, 11) is 0. The molecule has 3 fully saturated rings. The van der Waals surface area contributed by atoms with E-state index < -0.39 is 34.2 Å². The zero-order valence-corrected chi connectivity index (χ0v) is 19.7. The van der Waals surface area contributed by atoms with Crippen molar-refractivity contribution in [3.63, 3.8) is 0 Å². The Morgan fingerprint density at radius 1 is 1.03 bits per heavy atom. The lowest BCUT2D eigenvalue weighted by Crippen LogP contribution is -2.65. The number of amides is 1. The Morgan fingerprint density at radius 3 is 2.15 bits per heavy atom. The van der Waals surface area contributed by atoms with Crippen LogP contribution in [-0.2, 0) is 23.9 Å². The van der Waals surface area contributed by atoms with Gasteiger partial charge in [0.1, 0.15) is 6.04 Å². The van der Waals surface area contributed by atoms with Gasteiger partial charge in [-0.1, -0.05) is 60.7 Å². The maximum atomic E-state index is 13.6. The Balaban J connectivity index is 1.40. The molecule has 0 N–H and O–H groups in total. The van der Waals surface area contributed by atoms with Gasteiger partial charge in [-0.2, -0.15) is 0 Å². The van der Waals surface area contributed by atoms with Crippen molar-refractivity contribution in [2.75, 3.05) is 6.61 Å². The van der Waals surface area contributed by atoms with Gasteiger partial charge < -0.3 is 14.4 Å². The fourth-order valence-corrected chi connectivity index (χ4v) is 7.04. The fourth-order valence-electron chi connectivity index (χ4n) is 5.22. The number of ether oxygens (including phenoxy) is 2. The highest BCUT2D eigenvalue weighted by atomic mass is 32.2. The lowest BCUT2D eigenvalue weighted by Gasteiger charge is -2.45. The highest BCUT2D eigenvalue weighted by molar-refractivity contribution is 8.01. The molecule has 1 saturated carbocycles. The van der Waals surface area contributed by atoms with Crippen molar-refractivity contribution in [2.24, 2.45) is 11.3 Å². The summed E-state index contributed by atoms with van der Waals surface area (Å²) in [4.78, 5) is 40.8. The first kappa shape index (κ1) is 22.0. The number of fused-ring (bicyclic) bond motifs is 2. The van der Waals surface area contributed by atoms with E-state index in [1.165, 1.54) is 0 Å². The number of rotatable bonds is 6. The Labute approximate surface area is 197 Å². The van der Waals surface area contributed by atoms with Gasteiger partial charge in [0.2, 0.25) is 5.91 Å². The van der Waals surface area contributed by atoms with E-state index in [4.69, 9.17) is 9.47 Å². The van der Waals surface area contributed by atoms with E-state index in [0.717, 1.165) is 11.1 Å². The van der Waals surface area contributed by atoms with Crippen LogP contribution in [0.5, 0.6) is 0 Å². The van der Waals surface area contributed by atoms with Crippen LogP contribution < -0.4 is 0 Å². The summed E-state index contributed by atoms with van der Waals surface area (Å²) in [5.74, 6) is -1.29. The minimum Gasteiger partial charge on any atom is -0.466 e. The number of carbonyl (C=O) groups excluding carboxylic acids is 3. The van der Waals surface area contributed by atoms with Crippen LogP contribution in [0.1, 0.15) is 44.4 Å². The smallest absolute Gasteiger partial charge is 0.331 e. The molecule has 2 aromatic rings. The molecule has 1 amide bonds. The number of hydrogen-bond acceptors (Lipinski definition) is 6. The Hall–Kier alpha value is -2.80. The standard InChI is InChI=1S/C26H27NO5S/c1-4-31-21(28)18-15-26(18)23(30)27-20(25(2,3)33-24(26)27)22(29)32-19(16-11-7-5-8-12-16)17-13-9-6-10-14-17/h5-14,18-20,24H,4,15H2,1-3H3/t18-,20-,24+,26+/m0/s1. The van der Waals surface area contributed by atoms with Crippen LogP contribution in [-0.4, -0.2) is 45.5 Å². The molecule has 0 aromatic heterocycles. The maximum absolute atomic E-state index is 13.6. The molecule has 3 aliphatic rings. The number of carbonyl (C=O) groups is 3. The number of esters is 2. The molecular formula is C26H27NO5S. The van der Waals surface area contributed by atoms with Crippen molar-refractivity contribution < 1.29 is 23.9 Å². The van der Waals surface area contributed by atoms with E-state index in [9.17, 15) is 14.4 Å². The van der Waals surface area contributed by atoms with Gasteiger partial charge in [-0.05, 0) is 38.3 Å². The second-order valence-corrected chi connectivity index (χ2v) is 11.1. The zero-order valence-electron chi connectivity index (χ0n) is 18.9. The molecule has 0 unspecified atom stereocenters. The third-order valence-electron chi connectivity index (χ3n) is 6.91. The van der Waals surface area contributed by atoms with Gasteiger partial charge >= 0.3 is 11.9 Å². The molecule has 1 spiro atoms. The molecule has 33 heavy (non-hydrogen) atoms. The number of benzene rings is 2. The molecule has 2 saturated heterocycles. The summed E-state index contributed by atoms with van der Waals surface area (Å²) >= 11 is 1.58. The number of hydrogen-bond donors (Lipinski definition) is 0. The predicted octanol–water partition coefficient (Wildman–Crippen LogP) is 3.95. The summed E-state index contributed by atoms with van der Waals surface area (Å²) in [5, 5.41) is -0.209. The summed E-state index contributed by atoms with van der Waals surface area (Å²) in [5.41, 5.74) is 1.02. The summed E-state index contributed by atoms with van der Waals surface area (Å²) in [6.07, 6.45) is -0.0776. The third-order valence-corrected chi connectivity index (χ3v) is 8.62. The SMILES string of the molecule is CCOC(=O)[C@@H]1C[C@]12C(=O)N1[C@@H](C(=O)OC(c3ccccc3)c3ccccc3)C(C)(C)S[C@@H]12. The molecule has 7 heteroatoms. The van der Waals surface area contributed by atoms with Crippen LogP contribution in [0.25, 0.3) is 0 Å². The van der Waals surface area contributed by atoms with E-state index in [1.54, 1.807) is 23.6 Å². The maximum Gasteiger partial charge on any atom is 0.331 e. The molecule has 172 valence electrons. The van der Waals surface area contributed by atoms with Gasteiger partial charge in [0, 0.05) is 4.75 Å². The largest absolute Gasteiger partial charge is 0.466 e. The van der Waals surface area contributed by atoms with Gasteiger partial charge in [0.15, 0.2) is 6.10 Å². The van der Waals surface area contributed by atoms with Gasteiger partial charge in [0.05, 0.1) is 23.3 Å². The van der Waals surface area contributed by atoms with Gasteiger partial charge in [-0.25, -0.2) is 4.79 Å². The third kappa shape index (κ3) is 3.36.